The van der Waals surface area contributed by atoms with E-state index in [0.29, 0.717) is 12.1 Å². The molecule has 0 radical (unpaired) electrons. The van der Waals surface area contributed by atoms with Crippen LogP contribution in [0.15, 0.2) is 41.6 Å². The lowest BCUT2D eigenvalue weighted by Gasteiger charge is -2.02. The molecule has 0 aliphatic rings. The zero-order valence-corrected chi connectivity index (χ0v) is 10.3. The van der Waals surface area contributed by atoms with Crippen molar-refractivity contribution in [2.75, 3.05) is 0 Å². The van der Waals surface area contributed by atoms with Crippen LogP contribution in [0.1, 0.15) is 4.88 Å². The van der Waals surface area contributed by atoms with Crippen LogP contribution in [0.5, 0.6) is 0 Å². The highest BCUT2D eigenvalue weighted by Gasteiger charge is 2.05. The summed E-state index contributed by atoms with van der Waals surface area (Å²) < 4.78 is 3.87. The van der Waals surface area contributed by atoms with Crippen molar-refractivity contribution in [3.63, 3.8) is 0 Å². The normalized spacial score (nSPS) is 11.1. The van der Waals surface area contributed by atoms with E-state index in [2.05, 4.69) is 5.10 Å². The van der Waals surface area contributed by atoms with Gasteiger partial charge in [-0.05, 0) is 24.3 Å². The Morgan fingerprint density at radius 1 is 1.35 bits per heavy atom. The standard InChI is InChI=1S/C11H8ClN3OS/c12-10-4-3-8(17-10)6-15-11(16)9-2-1-5-14(9)7-13-15/h1-5,7H,6H2. The van der Waals surface area contributed by atoms with Crippen LogP contribution in [0.4, 0.5) is 0 Å². The molecule has 0 N–H and O–H groups in total. The van der Waals surface area contributed by atoms with Crippen LogP contribution < -0.4 is 5.56 Å². The second-order valence-electron chi connectivity index (χ2n) is 3.60. The first kappa shape index (κ1) is 10.6. The van der Waals surface area contributed by atoms with Gasteiger partial charge in [-0.25, -0.2) is 4.68 Å². The van der Waals surface area contributed by atoms with Gasteiger partial charge < -0.3 is 4.40 Å². The highest BCUT2D eigenvalue weighted by Crippen LogP contribution is 2.21. The molecule has 0 unspecified atom stereocenters. The lowest BCUT2D eigenvalue weighted by atomic mass is 10.4. The largest absolute Gasteiger partial charge is 0.301 e. The van der Waals surface area contributed by atoms with Crippen LogP contribution in [0.2, 0.25) is 4.34 Å². The Kier molecular flexibility index (Phi) is 2.49. The van der Waals surface area contributed by atoms with Crippen molar-refractivity contribution in [1.82, 2.24) is 14.2 Å². The van der Waals surface area contributed by atoms with Crippen LogP contribution in [0.3, 0.4) is 0 Å². The van der Waals surface area contributed by atoms with Crippen LogP contribution in [0.25, 0.3) is 5.52 Å². The summed E-state index contributed by atoms with van der Waals surface area (Å²) in [6, 6.07) is 7.33. The number of hydrogen-bond donors (Lipinski definition) is 0. The Bertz CT molecular complexity index is 727. The first-order valence-corrected chi connectivity index (χ1v) is 6.20. The minimum Gasteiger partial charge on any atom is -0.301 e. The molecular weight excluding hydrogens is 258 g/mol. The van der Waals surface area contributed by atoms with Gasteiger partial charge in [-0.15, -0.1) is 11.3 Å². The quantitative estimate of drug-likeness (QED) is 0.713. The van der Waals surface area contributed by atoms with Crippen LogP contribution >= 0.6 is 22.9 Å². The average molecular weight is 266 g/mol. The summed E-state index contributed by atoms with van der Waals surface area (Å²) in [7, 11) is 0. The van der Waals surface area contributed by atoms with Crippen molar-refractivity contribution >= 4 is 28.5 Å². The van der Waals surface area contributed by atoms with E-state index in [-0.39, 0.29) is 5.56 Å². The zero-order chi connectivity index (χ0) is 11.8. The van der Waals surface area contributed by atoms with Gasteiger partial charge in [0.15, 0.2) is 0 Å². The van der Waals surface area contributed by atoms with Gasteiger partial charge in [-0.1, -0.05) is 11.6 Å². The van der Waals surface area contributed by atoms with Crippen molar-refractivity contribution < 1.29 is 0 Å². The Labute approximate surface area is 106 Å². The predicted octanol–water partition coefficient (Wildman–Crippen LogP) is 2.26. The van der Waals surface area contributed by atoms with Crippen molar-refractivity contribution in [1.29, 1.82) is 0 Å². The molecule has 4 nitrogen and oxygen atoms in total. The molecule has 0 saturated carbocycles. The topological polar surface area (TPSA) is 39.3 Å². The van der Waals surface area contributed by atoms with Gasteiger partial charge in [0, 0.05) is 11.1 Å². The fraction of sp³-hybridized carbons (Fsp3) is 0.0909. The highest BCUT2D eigenvalue weighted by molar-refractivity contribution is 7.16. The predicted molar refractivity (Wildman–Crippen MR) is 67.9 cm³/mol. The fourth-order valence-corrected chi connectivity index (χ4v) is 2.75. The van der Waals surface area contributed by atoms with Crippen molar-refractivity contribution in [2.24, 2.45) is 0 Å². The molecule has 3 heterocycles. The molecule has 0 fully saturated rings. The molecule has 0 amide bonds. The van der Waals surface area contributed by atoms with Crippen LogP contribution in [-0.4, -0.2) is 14.2 Å². The number of nitrogens with zero attached hydrogens (tertiary/aromatic N) is 3. The molecule has 86 valence electrons. The summed E-state index contributed by atoms with van der Waals surface area (Å²) in [6.45, 7) is 0.456. The van der Waals surface area contributed by atoms with Gasteiger partial charge in [0.05, 0.1) is 10.9 Å². The van der Waals surface area contributed by atoms with Crippen LogP contribution in [-0.2, 0) is 6.54 Å². The Morgan fingerprint density at radius 2 is 2.24 bits per heavy atom. The van der Waals surface area contributed by atoms with E-state index in [9.17, 15) is 4.79 Å². The average Bonchev–Trinajstić information content (AvgIpc) is 2.92. The van der Waals surface area contributed by atoms with Crippen molar-refractivity contribution in [3.8, 4) is 0 Å². The monoisotopic (exact) mass is 265 g/mol. The summed E-state index contributed by atoms with van der Waals surface area (Å²) in [5.74, 6) is 0. The molecule has 3 aromatic rings. The second kappa shape index (κ2) is 4.01. The third kappa shape index (κ3) is 1.87. The van der Waals surface area contributed by atoms with E-state index in [4.69, 9.17) is 11.6 Å². The molecule has 0 spiro atoms. The molecule has 0 aliphatic carbocycles. The molecule has 0 aliphatic heterocycles. The molecule has 3 aromatic heterocycles. The molecular formula is C11H8ClN3OS. The zero-order valence-electron chi connectivity index (χ0n) is 8.71. The summed E-state index contributed by atoms with van der Waals surface area (Å²) in [5.41, 5.74) is 0.532. The third-order valence-corrected chi connectivity index (χ3v) is 3.70. The Balaban J connectivity index is 2.06. The number of fused-ring (bicyclic) bond motifs is 1. The maximum atomic E-state index is 12.1. The second-order valence-corrected chi connectivity index (χ2v) is 5.40. The molecule has 0 saturated heterocycles. The number of rotatable bonds is 2. The first-order chi connectivity index (χ1) is 8.24. The maximum Gasteiger partial charge on any atom is 0.291 e. The molecule has 6 heteroatoms. The number of hydrogen-bond acceptors (Lipinski definition) is 3. The lowest BCUT2D eigenvalue weighted by molar-refractivity contribution is 0.634. The van der Waals surface area contributed by atoms with E-state index < -0.39 is 0 Å². The lowest BCUT2D eigenvalue weighted by Crippen LogP contribution is -2.24. The molecule has 0 atom stereocenters. The smallest absolute Gasteiger partial charge is 0.291 e. The first-order valence-electron chi connectivity index (χ1n) is 5.01. The van der Waals surface area contributed by atoms with Gasteiger partial charge in [0.2, 0.25) is 0 Å². The van der Waals surface area contributed by atoms with E-state index >= 15 is 0 Å². The summed E-state index contributed by atoms with van der Waals surface area (Å²) in [6.07, 6.45) is 3.43. The molecule has 3 rings (SSSR count). The van der Waals surface area contributed by atoms with Crippen molar-refractivity contribution in [3.05, 3.63) is 56.4 Å². The van der Waals surface area contributed by atoms with Gasteiger partial charge in [-0.2, -0.15) is 5.10 Å². The summed E-state index contributed by atoms with van der Waals surface area (Å²) >= 11 is 7.31. The summed E-state index contributed by atoms with van der Waals surface area (Å²) in [5, 5.41) is 4.11. The minimum absolute atomic E-state index is 0.0953. The summed E-state index contributed by atoms with van der Waals surface area (Å²) in [4.78, 5) is 13.1. The minimum atomic E-state index is -0.0953. The molecule has 17 heavy (non-hydrogen) atoms. The third-order valence-electron chi connectivity index (χ3n) is 2.48. The van der Waals surface area contributed by atoms with Crippen molar-refractivity contribution in [2.45, 2.75) is 6.54 Å². The van der Waals surface area contributed by atoms with E-state index in [1.807, 2.05) is 18.2 Å². The number of halogens is 1. The fourth-order valence-electron chi connectivity index (χ4n) is 1.68. The van der Waals surface area contributed by atoms with Gasteiger partial charge in [0.25, 0.3) is 5.56 Å². The number of aromatic nitrogens is 3. The van der Waals surface area contributed by atoms with Gasteiger partial charge in [-0.3, -0.25) is 4.79 Å². The van der Waals surface area contributed by atoms with Gasteiger partial charge >= 0.3 is 0 Å². The van der Waals surface area contributed by atoms with E-state index in [0.717, 1.165) is 9.21 Å². The highest BCUT2D eigenvalue weighted by atomic mass is 35.5. The van der Waals surface area contributed by atoms with Gasteiger partial charge in [0.1, 0.15) is 11.8 Å². The number of thiophene rings is 1. The maximum absolute atomic E-state index is 12.1. The van der Waals surface area contributed by atoms with E-state index in [1.54, 1.807) is 23.0 Å². The molecule has 0 bridgehead atoms. The Morgan fingerprint density at radius 3 is 3.00 bits per heavy atom. The molecule has 0 aromatic carbocycles. The Hall–Kier alpha value is -1.59. The van der Waals surface area contributed by atoms with Crippen LogP contribution in [0, 0.1) is 0 Å². The SMILES string of the molecule is O=c1c2cccn2cnn1Cc1ccc(Cl)s1. The van der Waals surface area contributed by atoms with E-state index in [1.165, 1.54) is 16.0 Å².